The summed E-state index contributed by atoms with van der Waals surface area (Å²) in [5.74, 6) is 0.645. The van der Waals surface area contributed by atoms with Crippen molar-refractivity contribution in [2.75, 3.05) is 0 Å². The van der Waals surface area contributed by atoms with Crippen LogP contribution in [0.1, 0.15) is 25.7 Å². The molecule has 0 amide bonds. The quantitative estimate of drug-likeness (QED) is 0.363. The minimum atomic E-state index is 0.517. The molecule has 1 saturated heterocycles. The Morgan fingerprint density at radius 3 is 3.00 bits per heavy atom. The van der Waals surface area contributed by atoms with Crippen LogP contribution in [0.25, 0.3) is 0 Å². The van der Waals surface area contributed by atoms with Crippen molar-refractivity contribution in [2.24, 2.45) is 5.92 Å². The molecule has 1 heterocycles. The SMILES string of the molecule is C=C(C=O)CC1CCC2OC2C1. The van der Waals surface area contributed by atoms with E-state index in [9.17, 15) is 4.79 Å². The second-order valence-corrected chi connectivity index (χ2v) is 3.87. The standard InChI is InChI=1S/C10H14O2/c1-7(6-11)4-8-2-3-9-10(5-8)12-9/h6,8-10H,1-5H2. The first-order valence-electron chi connectivity index (χ1n) is 4.58. The van der Waals surface area contributed by atoms with E-state index >= 15 is 0 Å². The Hall–Kier alpha value is -0.630. The maximum Gasteiger partial charge on any atom is 0.145 e. The molecule has 1 saturated carbocycles. The summed E-state index contributed by atoms with van der Waals surface area (Å²) in [5.41, 5.74) is 0.735. The predicted octanol–water partition coefficient (Wildman–Crippen LogP) is 1.70. The van der Waals surface area contributed by atoms with Crippen LogP contribution < -0.4 is 0 Å². The molecule has 3 atom stereocenters. The first kappa shape index (κ1) is 7.99. The zero-order valence-corrected chi connectivity index (χ0v) is 7.16. The van der Waals surface area contributed by atoms with Crippen molar-refractivity contribution in [3.05, 3.63) is 12.2 Å². The van der Waals surface area contributed by atoms with Gasteiger partial charge in [0.15, 0.2) is 0 Å². The van der Waals surface area contributed by atoms with Gasteiger partial charge in [-0.2, -0.15) is 0 Å². The third kappa shape index (κ3) is 1.58. The van der Waals surface area contributed by atoms with E-state index in [4.69, 9.17) is 4.74 Å². The molecule has 0 aromatic rings. The summed E-state index contributed by atoms with van der Waals surface area (Å²) < 4.78 is 5.41. The molecule has 0 spiro atoms. The number of aldehydes is 1. The second kappa shape index (κ2) is 3.02. The van der Waals surface area contributed by atoms with E-state index < -0.39 is 0 Å². The summed E-state index contributed by atoms with van der Waals surface area (Å²) in [6.45, 7) is 3.70. The molecule has 1 aliphatic carbocycles. The largest absolute Gasteiger partial charge is 0.370 e. The van der Waals surface area contributed by atoms with E-state index in [-0.39, 0.29) is 0 Å². The fourth-order valence-electron chi connectivity index (χ4n) is 2.09. The molecule has 0 N–H and O–H groups in total. The van der Waals surface area contributed by atoms with Gasteiger partial charge in [-0.05, 0) is 37.2 Å². The van der Waals surface area contributed by atoms with E-state index in [0.717, 1.165) is 24.7 Å². The van der Waals surface area contributed by atoms with Crippen LogP contribution in [0.5, 0.6) is 0 Å². The molecular formula is C10H14O2. The number of hydrogen-bond acceptors (Lipinski definition) is 2. The molecule has 3 unspecified atom stereocenters. The van der Waals surface area contributed by atoms with Crippen molar-refractivity contribution in [1.29, 1.82) is 0 Å². The zero-order chi connectivity index (χ0) is 8.55. The maximum absolute atomic E-state index is 10.3. The van der Waals surface area contributed by atoms with E-state index in [0.29, 0.717) is 18.1 Å². The molecule has 0 aromatic heterocycles. The van der Waals surface area contributed by atoms with Gasteiger partial charge in [-0.3, -0.25) is 4.79 Å². The second-order valence-electron chi connectivity index (χ2n) is 3.87. The topological polar surface area (TPSA) is 29.6 Å². The number of carbonyl (C=O) groups is 1. The van der Waals surface area contributed by atoms with Gasteiger partial charge < -0.3 is 4.74 Å². The predicted molar refractivity (Wildman–Crippen MR) is 45.8 cm³/mol. The summed E-state index contributed by atoms with van der Waals surface area (Å²) in [5, 5.41) is 0. The minimum absolute atomic E-state index is 0.517. The number of carbonyl (C=O) groups excluding carboxylic acids is 1. The van der Waals surface area contributed by atoms with Crippen LogP contribution in [0.3, 0.4) is 0 Å². The molecule has 2 fully saturated rings. The fourth-order valence-corrected chi connectivity index (χ4v) is 2.09. The first-order valence-corrected chi connectivity index (χ1v) is 4.58. The van der Waals surface area contributed by atoms with Gasteiger partial charge in [0.25, 0.3) is 0 Å². The molecule has 2 aliphatic rings. The molecule has 1 aliphatic heterocycles. The Kier molecular flexibility index (Phi) is 2.01. The molecule has 12 heavy (non-hydrogen) atoms. The van der Waals surface area contributed by atoms with Gasteiger partial charge in [0.2, 0.25) is 0 Å². The van der Waals surface area contributed by atoms with E-state index in [2.05, 4.69) is 6.58 Å². The highest BCUT2D eigenvalue weighted by atomic mass is 16.6. The lowest BCUT2D eigenvalue weighted by Gasteiger charge is -2.17. The minimum Gasteiger partial charge on any atom is -0.370 e. The van der Waals surface area contributed by atoms with Gasteiger partial charge in [0.1, 0.15) is 6.29 Å². The monoisotopic (exact) mass is 166 g/mol. The lowest BCUT2D eigenvalue weighted by molar-refractivity contribution is -0.105. The van der Waals surface area contributed by atoms with Crippen LogP contribution in [-0.4, -0.2) is 18.5 Å². The fraction of sp³-hybridized carbons (Fsp3) is 0.700. The smallest absolute Gasteiger partial charge is 0.145 e. The summed E-state index contributed by atoms with van der Waals surface area (Å²) in [4.78, 5) is 10.3. The number of ether oxygens (including phenoxy) is 1. The van der Waals surface area contributed by atoms with Crippen molar-refractivity contribution in [2.45, 2.75) is 37.9 Å². The number of fused-ring (bicyclic) bond motifs is 1. The molecule has 2 rings (SSSR count). The Morgan fingerprint density at radius 1 is 1.50 bits per heavy atom. The highest BCUT2D eigenvalue weighted by molar-refractivity contribution is 5.71. The summed E-state index contributed by atoms with van der Waals surface area (Å²) in [6.07, 6.45) is 6.34. The average Bonchev–Trinajstić information content (AvgIpc) is 2.82. The average molecular weight is 166 g/mol. The van der Waals surface area contributed by atoms with E-state index in [1.54, 1.807) is 0 Å². The van der Waals surface area contributed by atoms with Crippen LogP contribution in [0.2, 0.25) is 0 Å². The third-order valence-electron chi connectivity index (χ3n) is 2.83. The van der Waals surface area contributed by atoms with Crippen LogP contribution >= 0.6 is 0 Å². The lowest BCUT2D eigenvalue weighted by atomic mass is 9.85. The van der Waals surface area contributed by atoms with Crippen LogP contribution in [0.15, 0.2) is 12.2 Å². The summed E-state index contributed by atoms with van der Waals surface area (Å²) >= 11 is 0. The number of rotatable bonds is 3. The van der Waals surface area contributed by atoms with Gasteiger partial charge in [-0.15, -0.1) is 0 Å². The van der Waals surface area contributed by atoms with Crippen molar-refractivity contribution < 1.29 is 9.53 Å². The zero-order valence-electron chi connectivity index (χ0n) is 7.16. The normalized spacial score (nSPS) is 38.5. The first-order chi connectivity index (χ1) is 5.79. The number of hydrogen-bond donors (Lipinski definition) is 0. The van der Waals surface area contributed by atoms with Gasteiger partial charge in [0.05, 0.1) is 12.2 Å². The molecule has 66 valence electrons. The molecule has 0 aromatic carbocycles. The molecule has 0 bridgehead atoms. The van der Waals surface area contributed by atoms with Crippen molar-refractivity contribution in [1.82, 2.24) is 0 Å². The van der Waals surface area contributed by atoms with Crippen molar-refractivity contribution in [3.8, 4) is 0 Å². The van der Waals surface area contributed by atoms with E-state index in [1.165, 1.54) is 12.8 Å². The van der Waals surface area contributed by atoms with Gasteiger partial charge >= 0.3 is 0 Å². The summed E-state index contributed by atoms with van der Waals surface area (Å²) in [7, 11) is 0. The van der Waals surface area contributed by atoms with Gasteiger partial charge in [-0.25, -0.2) is 0 Å². The van der Waals surface area contributed by atoms with E-state index in [1.807, 2.05) is 0 Å². The molecular weight excluding hydrogens is 152 g/mol. The lowest BCUT2D eigenvalue weighted by Crippen LogP contribution is -2.13. The molecule has 0 radical (unpaired) electrons. The molecule has 2 heteroatoms. The van der Waals surface area contributed by atoms with Crippen molar-refractivity contribution in [3.63, 3.8) is 0 Å². The highest BCUT2D eigenvalue weighted by Gasteiger charge is 2.43. The van der Waals surface area contributed by atoms with Crippen molar-refractivity contribution >= 4 is 6.29 Å². The van der Waals surface area contributed by atoms with Gasteiger partial charge in [0, 0.05) is 0 Å². The van der Waals surface area contributed by atoms with Gasteiger partial charge in [-0.1, -0.05) is 6.58 Å². The Balaban J connectivity index is 1.80. The van der Waals surface area contributed by atoms with Crippen LogP contribution in [0, 0.1) is 5.92 Å². The Labute approximate surface area is 72.6 Å². The summed E-state index contributed by atoms with van der Waals surface area (Å²) in [6, 6.07) is 0. The Bertz CT molecular complexity index is 210. The molecule has 2 nitrogen and oxygen atoms in total. The van der Waals surface area contributed by atoms with Crippen LogP contribution in [-0.2, 0) is 9.53 Å². The highest BCUT2D eigenvalue weighted by Crippen LogP contribution is 2.41. The third-order valence-corrected chi connectivity index (χ3v) is 2.83. The maximum atomic E-state index is 10.3. The number of epoxide rings is 1. The number of allylic oxidation sites excluding steroid dienone is 1. The van der Waals surface area contributed by atoms with Crippen LogP contribution in [0.4, 0.5) is 0 Å². The Morgan fingerprint density at radius 2 is 2.33 bits per heavy atom.